The SMILES string of the molecule is COc1ccc(C(NS(=O)C(C)(C)C)c2cccc(C)n2)c(OC)c1. The molecule has 2 rings (SSSR count). The second-order valence-electron chi connectivity index (χ2n) is 6.74. The third kappa shape index (κ3) is 4.80. The largest absolute Gasteiger partial charge is 0.497 e. The van der Waals surface area contributed by atoms with Crippen LogP contribution in [-0.4, -0.2) is 28.2 Å². The lowest BCUT2D eigenvalue weighted by molar-refractivity contribution is 0.389. The smallest absolute Gasteiger partial charge is 0.127 e. The minimum absolute atomic E-state index is 0.360. The number of rotatable bonds is 6. The molecule has 1 aromatic carbocycles. The van der Waals surface area contributed by atoms with Crippen LogP contribution in [0.1, 0.15) is 43.8 Å². The average molecular weight is 362 g/mol. The summed E-state index contributed by atoms with van der Waals surface area (Å²) in [4.78, 5) is 4.62. The lowest BCUT2D eigenvalue weighted by Crippen LogP contribution is -2.36. The van der Waals surface area contributed by atoms with Gasteiger partial charge in [-0.25, -0.2) is 8.93 Å². The van der Waals surface area contributed by atoms with Gasteiger partial charge in [0, 0.05) is 17.3 Å². The molecule has 0 aliphatic rings. The Morgan fingerprint density at radius 1 is 1.12 bits per heavy atom. The maximum atomic E-state index is 12.7. The summed E-state index contributed by atoms with van der Waals surface area (Å²) in [5.74, 6) is 1.36. The fourth-order valence-electron chi connectivity index (χ4n) is 2.35. The molecule has 0 radical (unpaired) electrons. The maximum Gasteiger partial charge on any atom is 0.127 e. The van der Waals surface area contributed by atoms with E-state index in [-0.39, 0.29) is 6.04 Å². The van der Waals surface area contributed by atoms with Gasteiger partial charge in [-0.05, 0) is 52.0 Å². The highest BCUT2D eigenvalue weighted by Gasteiger charge is 2.27. The zero-order valence-corrected chi connectivity index (χ0v) is 16.4. The van der Waals surface area contributed by atoms with Gasteiger partial charge in [-0.1, -0.05) is 6.07 Å². The fourth-order valence-corrected chi connectivity index (χ4v) is 3.16. The molecule has 0 bridgehead atoms. The molecule has 1 aromatic heterocycles. The van der Waals surface area contributed by atoms with Gasteiger partial charge >= 0.3 is 0 Å². The first-order valence-corrected chi connectivity index (χ1v) is 9.24. The predicted octanol–water partition coefficient (Wildman–Crippen LogP) is 3.55. The zero-order valence-electron chi connectivity index (χ0n) is 15.6. The third-order valence-electron chi connectivity index (χ3n) is 3.74. The van der Waals surface area contributed by atoms with Crippen LogP contribution in [0.15, 0.2) is 36.4 Å². The Labute approximate surface area is 152 Å². The molecule has 25 heavy (non-hydrogen) atoms. The van der Waals surface area contributed by atoms with E-state index in [4.69, 9.17) is 9.47 Å². The fraction of sp³-hybridized carbons (Fsp3) is 0.421. The van der Waals surface area contributed by atoms with Gasteiger partial charge in [0.05, 0.1) is 41.7 Å². The first kappa shape index (κ1) is 19.4. The summed E-state index contributed by atoms with van der Waals surface area (Å²) in [5, 5.41) is 0. The van der Waals surface area contributed by atoms with Crippen molar-refractivity contribution in [3.05, 3.63) is 53.3 Å². The number of pyridine rings is 1. The van der Waals surface area contributed by atoms with Crippen molar-refractivity contribution in [3.63, 3.8) is 0 Å². The van der Waals surface area contributed by atoms with E-state index >= 15 is 0 Å². The van der Waals surface area contributed by atoms with Crippen LogP contribution in [0.5, 0.6) is 11.5 Å². The minimum atomic E-state index is -1.27. The highest BCUT2D eigenvalue weighted by atomic mass is 32.2. The summed E-state index contributed by atoms with van der Waals surface area (Å²) < 4.78 is 26.4. The van der Waals surface area contributed by atoms with E-state index in [2.05, 4.69) is 9.71 Å². The number of aromatic nitrogens is 1. The summed E-state index contributed by atoms with van der Waals surface area (Å²) in [7, 11) is 1.95. The van der Waals surface area contributed by atoms with E-state index in [1.807, 2.05) is 64.1 Å². The molecule has 0 fully saturated rings. The molecule has 0 aliphatic heterocycles. The summed E-state index contributed by atoms with van der Waals surface area (Å²) in [6, 6.07) is 11.0. The molecule has 0 saturated carbocycles. The third-order valence-corrected chi connectivity index (χ3v) is 5.30. The monoisotopic (exact) mass is 362 g/mol. The van der Waals surface area contributed by atoms with Gasteiger partial charge in [0.2, 0.25) is 0 Å². The molecule has 2 unspecified atom stereocenters. The molecule has 2 aromatic rings. The quantitative estimate of drug-likeness (QED) is 0.854. The van der Waals surface area contributed by atoms with Crippen LogP contribution < -0.4 is 14.2 Å². The van der Waals surface area contributed by atoms with Crippen molar-refractivity contribution in [3.8, 4) is 11.5 Å². The summed E-state index contributed by atoms with van der Waals surface area (Å²) >= 11 is 0. The van der Waals surface area contributed by atoms with E-state index in [1.165, 1.54) is 0 Å². The highest BCUT2D eigenvalue weighted by Crippen LogP contribution is 2.33. The second-order valence-corrected chi connectivity index (χ2v) is 8.74. The van der Waals surface area contributed by atoms with E-state index < -0.39 is 15.7 Å². The Bertz CT molecular complexity index is 757. The number of nitrogens with zero attached hydrogens (tertiary/aromatic N) is 1. The summed E-state index contributed by atoms with van der Waals surface area (Å²) in [5.41, 5.74) is 2.55. The zero-order chi connectivity index (χ0) is 18.6. The molecular weight excluding hydrogens is 336 g/mol. The maximum absolute atomic E-state index is 12.7. The molecule has 0 amide bonds. The molecule has 0 saturated heterocycles. The van der Waals surface area contributed by atoms with E-state index in [9.17, 15) is 4.21 Å². The number of benzene rings is 1. The Hall–Kier alpha value is -1.92. The van der Waals surface area contributed by atoms with Crippen molar-refractivity contribution in [2.45, 2.75) is 38.5 Å². The number of hydrogen-bond acceptors (Lipinski definition) is 4. The van der Waals surface area contributed by atoms with Gasteiger partial charge in [0.1, 0.15) is 11.5 Å². The molecule has 2 atom stereocenters. The first-order valence-electron chi connectivity index (χ1n) is 8.09. The van der Waals surface area contributed by atoms with Gasteiger partial charge < -0.3 is 9.47 Å². The average Bonchev–Trinajstić information content (AvgIpc) is 2.58. The van der Waals surface area contributed by atoms with Gasteiger partial charge in [-0.3, -0.25) is 4.98 Å². The van der Waals surface area contributed by atoms with Crippen LogP contribution in [0, 0.1) is 6.92 Å². The highest BCUT2D eigenvalue weighted by molar-refractivity contribution is 7.84. The lowest BCUT2D eigenvalue weighted by Gasteiger charge is -2.25. The molecular formula is C19H26N2O3S. The number of ether oxygens (including phenoxy) is 2. The van der Waals surface area contributed by atoms with E-state index in [0.29, 0.717) is 11.5 Å². The molecule has 0 spiro atoms. The molecule has 1 N–H and O–H groups in total. The van der Waals surface area contributed by atoms with Crippen LogP contribution in [0.4, 0.5) is 0 Å². The van der Waals surface area contributed by atoms with E-state index in [0.717, 1.165) is 17.0 Å². The first-order chi connectivity index (χ1) is 11.8. The predicted molar refractivity (Wildman–Crippen MR) is 101 cm³/mol. The Morgan fingerprint density at radius 2 is 1.84 bits per heavy atom. The van der Waals surface area contributed by atoms with Crippen molar-refractivity contribution in [1.29, 1.82) is 0 Å². The van der Waals surface area contributed by atoms with Crippen LogP contribution in [0.3, 0.4) is 0 Å². The molecule has 0 aliphatic carbocycles. The van der Waals surface area contributed by atoms with Crippen LogP contribution in [0.2, 0.25) is 0 Å². The van der Waals surface area contributed by atoms with Crippen LogP contribution >= 0.6 is 0 Å². The van der Waals surface area contributed by atoms with Gasteiger partial charge in [-0.15, -0.1) is 0 Å². The van der Waals surface area contributed by atoms with Crippen molar-refractivity contribution in [2.24, 2.45) is 0 Å². The lowest BCUT2D eigenvalue weighted by atomic mass is 10.0. The van der Waals surface area contributed by atoms with Crippen molar-refractivity contribution in [1.82, 2.24) is 9.71 Å². The Balaban J connectivity index is 2.53. The number of methoxy groups -OCH3 is 2. The molecule has 136 valence electrons. The van der Waals surface area contributed by atoms with Gasteiger partial charge in [-0.2, -0.15) is 0 Å². The topological polar surface area (TPSA) is 60.5 Å². The minimum Gasteiger partial charge on any atom is -0.497 e. The Kier molecular flexibility index (Phi) is 6.19. The van der Waals surface area contributed by atoms with Gasteiger partial charge in [0.15, 0.2) is 0 Å². The number of nitrogens with one attached hydrogen (secondary N) is 1. The van der Waals surface area contributed by atoms with E-state index in [1.54, 1.807) is 14.2 Å². The second kappa shape index (κ2) is 7.97. The van der Waals surface area contributed by atoms with Crippen molar-refractivity contribution < 1.29 is 13.7 Å². The normalized spacial score (nSPS) is 14.0. The number of aryl methyl sites for hydroxylation is 1. The number of hydrogen-bond donors (Lipinski definition) is 1. The molecule has 6 heteroatoms. The standard InChI is InChI=1S/C19H26N2O3S/c1-13-8-7-9-16(20-13)18(21-25(22)19(2,3)4)15-11-10-14(23-5)12-17(15)24-6/h7-12,18,21H,1-6H3. The van der Waals surface area contributed by atoms with Crippen LogP contribution in [-0.2, 0) is 11.0 Å². The summed E-state index contributed by atoms with van der Waals surface area (Å²) in [6.07, 6.45) is 0. The van der Waals surface area contributed by atoms with Gasteiger partial charge in [0.25, 0.3) is 0 Å². The molecule has 5 nitrogen and oxygen atoms in total. The molecule has 1 heterocycles. The van der Waals surface area contributed by atoms with Crippen molar-refractivity contribution >= 4 is 11.0 Å². The van der Waals surface area contributed by atoms with Crippen LogP contribution in [0.25, 0.3) is 0 Å². The Morgan fingerprint density at radius 3 is 2.40 bits per heavy atom. The van der Waals surface area contributed by atoms with Crippen molar-refractivity contribution in [2.75, 3.05) is 14.2 Å². The summed E-state index contributed by atoms with van der Waals surface area (Å²) in [6.45, 7) is 7.73.